The third-order valence-corrected chi connectivity index (χ3v) is 1.61. The molecule has 0 aliphatic heterocycles. The van der Waals surface area contributed by atoms with Crippen molar-refractivity contribution in [1.82, 2.24) is 15.0 Å². The third kappa shape index (κ3) is 2.26. The second kappa shape index (κ2) is 4.32. The van der Waals surface area contributed by atoms with E-state index in [1.165, 1.54) is 0 Å². The standard InChI is InChI=1S/C10H9N3O/c1-2-5-13-10(4-1)14-8-9-11-6-3-7-12-9/h1-7H,8H2. The van der Waals surface area contributed by atoms with E-state index in [4.69, 9.17) is 4.74 Å². The fourth-order valence-corrected chi connectivity index (χ4v) is 0.975. The topological polar surface area (TPSA) is 47.9 Å². The zero-order valence-corrected chi connectivity index (χ0v) is 7.50. The number of ether oxygens (including phenoxy) is 1. The molecule has 0 N–H and O–H groups in total. The molecule has 14 heavy (non-hydrogen) atoms. The highest BCUT2D eigenvalue weighted by atomic mass is 16.5. The molecule has 0 fully saturated rings. The van der Waals surface area contributed by atoms with E-state index in [1.807, 2.05) is 12.1 Å². The molecule has 4 nitrogen and oxygen atoms in total. The molecule has 0 aromatic carbocycles. The molecule has 4 heteroatoms. The van der Waals surface area contributed by atoms with Crippen molar-refractivity contribution < 1.29 is 4.74 Å². The Labute approximate surface area is 81.6 Å². The van der Waals surface area contributed by atoms with Crippen LogP contribution in [0.3, 0.4) is 0 Å². The van der Waals surface area contributed by atoms with Crippen molar-refractivity contribution in [1.29, 1.82) is 0 Å². The van der Waals surface area contributed by atoms with Gasteiger partial charge in [-0.2, -0.15) is 0 Å². The normalized spacial score (nSPS) is 9.71. The second-order valence-electron chi connectivity index (χ2n) is 2.62. The number of hydrogen-bond acceptors (Lipinski definition) is 4. The van der Waals surface area contributed by atoms with Crippen molar-refractivity contribution in [2.24, 2.45) is 0 Å². The molecule has 0 saturated heterocycles. The molecule has 0 amide bonds. The molecule has 0 bridgehead atoms. The van der Waals surface area contributed by atoms with Crippen molar-refractivity contribution in [3.63, 3.8) is 0 Å². The Morgan fingerprint density at radius 3 is 2.43 bits per heavy atom. The minimum atomic E-state index is 0.345. The summed E-state index contributed by atoms with van der Waals surface area (Å²) < 4.78 is 5.36. The summed E-state index contributed by atoms with van der Waals surface area (Å²) >= 11 is 0. The van der Waals surface area contributed by atoms with Crippen LogP contribution in [0.5, 0.6) is 5.88 Å². The maximum atomic E-state index is 5.36. The number of rotatable bonds is 3. The van der Waals surface area contributed by atoms with E-state index in [2.05, 4.69) is 15.0 Å². The highest BCUT2D eigenvalue weighted by Gasteiger charge is 1.96. The van der Waals surface area contributed by atoms with Crippen LogP contribution in [0.25, 0.3) is 0 Å². The van der Waals surface area contributed by atoms with Crippen LogP contribution in [0, 0.1) is 0 Å². The minimum absolute atomic E-state index is 0.345. The lowest BCUT2D eigenvalue weighted by Crippen LogP contribution is -2.01. The summed E-state index contributed by atoms with van der Waals surface area (Å²) in [6, 6.07) is 7.27. The Kier molecular flexibility index (Phi) is 2.66. The van der Waals surface area contributed by atoms with Gasteiger partial charge in [0.15, 0.2) is 5.82 Å². The van der Waals surface area contributed by atoms with E-state index in [1.54, 1.807) is 30.7 Å². The Bertz CT molecular complexity index is 338. The van der Waals surface area contributed by atoms with Crippen molar-refractivity contribution in [2.45, 2.75) is 6.61 Å². The van der Waals surface area contributed by atoms with Crippen LogP contribution in [0.15, 0.2) is 42.9 Å². The summed E-state index contributed by atoms with van der Waals surface area (Å²) in [6.45, 7) is 0.345. The Balaban J connectivity index is 1.96. The maximum Gasteiger partial charge on any atom is 0.213 e. The molecule has 2 aromatic rings. The van der Waals surface area contributed by atoms with Gasteiger partial charge in [0.25, 0.3) is 0 Å². The fourth-order valence-electron chi connectivity index (χ4n) is 0.975. The smallest absolute Gasteiger partial charge is 0.213 e. The highest BCUT2D eigenvalue weighted by molar-refractivity contribution is 5.09. The van der Waals surface area contributed by atoms with Gasteiger partial charge in [-0.15, -0.1) is 0 Å². The molecule has 0 spiro atoms. The first-order valence-electron chi connectivity index (χ1n) is 4.25. The van der Waals surface area contributed by atoms with Gasteiger partial charge in [0.2, 0.25) is 5.88 Å². The van der Waals surface area contributed by atoms with E-state index < -0.39 is 0 Å². The first kappa shape index (κ1) is 8.62. The van der Waals surface area contributed by atoms with E-state index in [9.17, 15) is 0 Å². The van der Waals surface area contributed by atoms with Gasteiger partial charge in [0.1, 0.15) is 6.61 Å². The van der Waals surface area contributed by atoms with Crippen molar-refractivity contribution >= 4 is 0 Å². The van der Waals surface area contributed by atoms with Crippen molar-refractivity contribution in [3.8, 4) is 5.88 Å². The molecule has 2 aromatic heterocycles. The molecule has 0 saturated carbocycles. The summed E-state index contributed by atoms with van der Waals surface area (Å²) in [5.74, 6) is 1.23. The van der Waals surface area contributed by atoms with Gasteiger partial charge < -0.3 is 4.74 Å². The molecule has 2 rings (SSSR count). The van der Waals surface area contributed by atoms with Gasteiger partial charge in [-0.05, 0) is 12.1 Å². The van der Waals surface area contributed by atoms with Crippen LogP contribution < -0.4 is 4.74 Å². The molecule has 0 aliphatic rings. The molecule has 0 unspecified atom stereocenters. The minimum Gasteiger partial charge on any atom is -0.469 e. The Morgan fingerprint density at radius 2 is 1.71 bits per heavy atom. The summed E-state index contributed by atoms with van der Waals surface area (Å²) in [5.41, 5.74) is 0. The summed E-state index contributed by atoms with van der Waals surface area (Å²) in [7, 11) is 0. The van der Waals surface area contributed by atoms with Crippen molar-refractivity contribution in [2.75, 3.05) is 0 Å². The summed E-state index contributed by atoms with van der Waals surface area (Å²) in [6.07, 6.45) is 5.05. The summed E-state index contributed by atoms with van der Waals surface area (Å²) in [5, 5.41) is 0. The maximum absolute atomic E-state index is 5.36. The molecular weight excluding hydrogens is 178 g/mol. The first-order valence-corrected chi connectivity index (χ1v) is 4.25. The highest BCUT2D eigenvalue weighted by Crippen LogP contribution is 2.04. The second-order valence-corrected chi connectivity index (χ2v) is 2.62. The number of hydrogen-bond donors (Lipinski definition) is 0. The van der Waals surface area contributed by atoms with Gasteiger partial charge >= 0.3 is 0 Å². The molecule has 0 radical (unpaired) electrons. The van der Waals surface area contributed by atoms with E-state index in [0.717, 1.165) is 0 Å². The molecule has 70 valence electrons. The lowest BCUT2D eigenvalue weighted by Gasteiger charge is -2.02. The quantitative estimate of drug-likeness (QED) is 0.729. The number of aromatic nitrogens is 3. The zero-order valence-electron chi connectivity index (χ0n) is 7.50. The van der Waals surface area contributed by atoms with Crippen molar-refractivity contribution in [3.05, 3.63) is 48.7 Å². The fraction of sp³-hybridized carbons (Fsp3) is 0.100. The average Bonchev–Trinajstić information content (AvgIpc) is 2.29. The lowest BCUT2D eigenvalue weighted by molar-refractivity contribution is 0.284. The molecule has 0 atom stereocenters. The van der Waals surface area contributed by atoms with Gasteiger partial charge in [0, 0.05) is 24.7 Å². The van der Waals surface area contributed by atoms with Gasteiger partial charge in [-0.1, -0.05) is 6.07 Å². The van der Waals surface area contributed by atoms with E-state index in [0.29, 0.717) is 18.3 Å². The third-order valence-electron chi connectivity index (χ3n) is 1.61. The monoisotopic (exact) mass is 187 g/mol. The van der Waals surface area contributed by atoms with Gasteiger partial charge in [-0.25, -0.2) is 15.0 Å². The summed E-state index contributed by atoms with van der Waals surface area (Å²) in [4.78, 5) is 12.1. The molecule has 2 heterocycles. The van der Waals surface area contributed by atoms with E-state index in [-0.39, 0.29) is 0 Å². The Morgan fingerprint density at radius 1 is 0.929 bits per heavy atom. The van der Waals surface area contributed by atoms with Crippen LogP contribution in [-0.2, 0) is 6.61 Å². The van der Waals surface area contributed by atoms with Gasteiger partial charge in [0.05, 0.1) is 0 Å². The lowest BCUT2D eigenvalue weighted by atomic mass is 10.5. The Hall–Kier alpha value is -1.97. The predicted octanol–water partition coefficient (Wildman–Crippen LogP) is 1.45. The van der Waals surface area contributed by atoms with E-state index >= 15 is 0 Å². The van der Waals surface area contributed by atoms with Crippen LogP contribution in [0.4, 0.5) is 0 Å². The van der Waals surface area contributed by atoms with Crippen LogP contribution in [0.2, 0.25) is 0 Å². The number of nitrogens with zero attached hydrogens (tertiary/aromatic N) is 3. The molecule has 0 aliphatic carbocycles. The van der Waals surface area contributed by atoms with Crippen LogP contribution in [-0.4, -0.2) is 15.0 Å². The molecular formula is C10H9N3O. The van der Waals surface area contributed by atoms with Crippen LogP contribution in [0.1, 0.15) is 5.82 Å². The van der Waals surface area contributed by atoms with Gasteiger partial charge in [-0.3, -0.25) is 0 Å². The number of pyridine rings is 1. The SMILES string of the molecule is c1ccc(OCc2ncccn2)nc1. The predicted molar refractivity (Wildman–Crippen MR) is 50.6 cm³/mol. The first-order chi connectivity index (χ1) is 6.95. The van der Waals surface area contributed by atoms with Crippen LogP contribution >= 0.6 is 0 Å². The largest absolute Gasteiger partial charge is 0.469 e. The average molecular weight is 187 g/mol. The zero-order chi connectivity index (χ0) is 9.64.